The lowest BCUT2D eigenvalue weighted by atomic mass is 10.2. The molecule has 1 atom stereocenters. The number of carbonyl (C=O) groups excluding carboxylic acids is 1. The molecule has 2 N–H and O–H groups in total. The Hall–Kier alpha value is -2.34. The fourth-order valence-corrected chi connectivity index (χ4v) is 2.88. The number of furan rings is 1. The first-order valence-corrected chi connectivity index (χ1v) is 8.45. The Labute approximate surface area is 141 Å². The van der Waals surface area contributed by atoms with E-state index >= 15 is 0 Å². The summed E-state index contributed by atoms with van der Waals surface area (Å²) in [6.07, 6.45) is 7.15. The second kappa shape index (κ2) is 7.97. The molecule has 0 radical (unpaired) electrons. The molecule has 128 valence electrons. The summed E-state index contributed by atoms with van der Waals surface area (Å²) in [5.41, 5.74) is 0.486. The largest absolute Gasteiger partial charge is 0.467 e. The summed E-state index contributed by atoms with van der Waals surface area (Å²) < 4.78 is 5.11. The van der Waals surface area contributed by atoms with Gasteiger partial charge < -0.3 is 19.7 Å². The average molecular weight is 329 g/mol. The zero-order chi connectivity index (χ0) is 16.8. The van der Waals surface area contributed by atoms with Gasteiger partial charge in [0.05, 0.1) is 18.4 Å². The molecule has 0 spiro atoms. The van der Waals surface area contributed by atoms with Gasteiger partial charge in [0, 0.05) is 19.3 Å². The van der Waals surface area contributed by atoms with E-state index in [4.69, 9.17) is 4.42 Å². The average Bonchev–Trinajstić information content (AvgIpc) is 3.02. The van der Waals surface area contributed by atoms with Crippen LogP contribution in [0.5, 0.6) is 0 Å². The van der Waals surface area contributed by atoms with Crippen LogP contribution in [0.2, 0.25) is 0 Å². The Morgan fingerprint density at radius 3 is 2.67 bits per heavy atom. The number of pyridine rings is 1. The number of amides is 1. The van der Waals surface area contributed by atoms with Crippen molar-refractivity contribution in [2.45, 2.75) is 31.8 Å². The van der Waals surface area contributed by atoms with E-state index in [1.54, 1.807) is 24.4 Å². The maximum atomic E-state index is 12.2. The molecular weight excluding hydrogens is 306 g/mol. The first-order chi connectivity index (χ1) is 11.7. The van der Waals surface area contributed by atoms with Crippen molar-refractivity contribution in [1.82, 2.24) is 10.3 Å². The number of rotatable bonds is 5. The smallest absolute Gasteiger partial charge is 0.252 e. The van der Waals surface area contributed by atoms with Crippen LogP contribution >= 0.6 is 0 Å². The van der Waals surface area contributed by atoms with Gasteiger partial charge in [-0.3, -0.25) is 4.79 Å². The third kappa shape index (κ3) is 4.14. The van der Waals surface area contributed by atoms with Gasteiger partial charge in [-0.15, -0.1) is 0 Å². The molecule has 1 aliphatic rings. The summed E-state index contributed by atoms with van der Waals surface area (Å²) in [7, 11) is 0. The van der Waals surface area contributed by atoms with E-state index in [1.165, 1.54) is 31.9 Å². The molecule has 2 aromatic heterocycles. The van der Waals surface area contributed by atoms with E-state index in [0.29, 0.717) is 11.3 Å². The van der Waals surface area contributed by atoms with Crippen molar-refractivity contribution in [3.05, 3.63) is 48.0 Å². The molecule has 0 aliphatic carbocycles. The summed E-state index contributed by atoms with van der Waals surface area (Å²) in [4.78, 5) is 18.9. The Morgan fingerprint density at radius 2 is 2.04 bits per heavy atom. The predicted octanol–water partition coefficient (Wildman–Crippen LogP) is 2.52. The molecule has 6 heteroatoms. The van der Waals surface area contributed by atoms with Crippen LogP contribution in [-0.2, 0) is 0 Å². The number of nitrogens with zero attached hydrogens (tertiary/aromatic N) is 2. The summed E-state index contributed by atoms with van der Waals surface area (Å²) in [6.45, 7) is 2.14. The maximum Gasteiger partial charge on any atom is 0.252 e. The number of aliphatic hydroxyl groups excluding tert-OH is 1. The van der Waals surface area contributed by atoms with Crippen LogP contribution in [0.15, 0.2) is 41.1 Å². The van der Waals surface area contributed by atoms with E-state index in [1.807, 2.05) is 6.07 Å². The second-order valence-electron chi connectivity index (χ2n) is 6.05. The molecule has 24 heavy (non-hydrogen) atoms. The predicted molar refractivity (Wildman–Crippen MR) is 90.9 cm³/mol. The van der Waals surface area contributed by atoms with Crippen LogP contribution in [-0.4, -0.2) is 35.6 Å². The van der Waals surface area contributed by atoms with Crippen molar-refractivity contribution < 1.29 is 14.3 Å². The molecule has 3 rings (SSSR count). The summed E-state index contributed by atoms with van der Waals surface area (Å²) in [5.74, 6) is 1.10. The van der Waals surface area contributed by atoms with Gasteiger partial charge in [0.15, 0.2) is 0 Å². The highest BCUT2D eigenvalue weighted by atomic mass is 16.4. The van der Waals surface area contributed by atoms with Crippen molar-refractivity contribution in [3.63, 3.8) is 0 Å². The lowest BCUT2D eigenvalue weighted by molar-refractivity contribution is 0.0901. The van der Waals surface area contributed by atoms with E-state index in [9.17, 15) is 9.90 Å². The first-order valence-electron chi connectivity index (χ1n) is 8.45. The molecule has 1 aliphatic heterocycles. The van der Waals surface area contributed by atoms with E-state index < -0.39 is 6.10 Å². The Kier molecular flexibility index (Phi) is 5.48. The Morgan fingerprint density at radius 1 is 1.25 bits per heavy atom. The lowest BCUT2D eigenvalue weighted by Gasteiger charge is -2.21. The van der Waals surface area contributed by atoms with Crippen LogP contribution in [0.3, 0.4) is 0 Å². The van der Waals surface area contributed by atoms with Gasteiger partial charge in [-0.2, -0.15) is 0 Å². The third-order valence-corrected chi connectivity index (χ3v) is 4.27. The SMILES string of the molecule is O=C(NCC(O)c1ccco1)c1ccc(N2CCCCCC2)nc1. The number of aliphatic hydroxyl groups is 1. The van der Waals surface area contributed by atoms with Crippen LogP contribution in [0, 0.1) is 0 Å². The minimum Gasteiger partial charge on any atom is -0.467 e. The van der Waals surface area contributed by atoms with E-state index in [2.05, 4.69) is 15.2 Å². The molecule has 0 aromatic carbocycles. The van der Waals surface area contributed by atoms with Crippen molar-refractivity contribution in [2.24, 2.45) is 0 Å². The standard InChI is InChI=1S/C18H23N3O3/c22-15(16-6-5-11-24-16)13-20-18(23)14-7-8-17(19-12-14)21-9-3-1-2-4-10-21/h5-8,11-12,15,22H,1-4,9-10,13H2,(H,20,23). The third-order valence-electron chi connectivity index (χ3n) is 4.27. The maximum absolute atomic E-state index is 12.2. The highest BCUT2D eigenvalue weighted by Gasteiger charge is 2.15. The minimum atomic E-state index is -0.853. The van der Waals surface area contributed by atoms with Crippen molar-refractivity contribution >= 4 is 11.7 Å². The van der Waals surface area contributed by atoms with Gasteiger partial charge in [0.1, 0.15) is 17.7 Å². The summed E-state index contributed by atoms with van der Waals surface area (Å²) >= 11 is 0. The molecule has 1 fully saturated rings. The van der Waals surface area contributed by atoms with E-state index in [0.717, 1.165) is 18.9 Å². The van der Waals surface area contributed by atoms with Crippen LogP contribution in [0.4, 0.5) is 5.82 Å². The molecule has 0 saturated carbocycles. The number of hydrogen-bond acceptors (Lipinski definition) is 5. The minimum absolute atomic E-state index is 0.0974. The number of aromatic nitrogens is 1. The summed E-state index contributed by atoms with van der Waals surface area (Å²) in [5, 5.41) is 12.6. The Bertz CT molecular complexity index is 632. The molecular formula is C18H23N3O3. The molecule has 2 aromatic rings. The van der Waals surface area contributed by atoms with Crippen LogP contribution < -0.4 is 10.2 Å². The zero-order valence-electron chi connectivity index (χ0n) is 13.6. The van der Waals surface area contributed by atoms with Gasteiger partial charge in [0.2, 0.25) is 0 Å². The molecule has 0 bridgehead atoms. The molecule has 1 unspecified atom stereocenters. The topological polar surface area (TPSA) is 78.6 Å². The zero-order valence-corrected chi connectivity index (χ0v) is 13.6. The quantitative estimate of drug-likeness (QED) is 0.881. The van der Waals surface area contributed by atoms with Crippen LogP contribution in [0.25, 0.3) is 0 Å². The molecule has 1 saturated heterocycles. The number of nitrogens with one attached hydrogen (secondary N) is 1. The normalized spacial score (nSPS) is 16.5. The van der Waals surface area contributed by atoms with Gasteiger partial charge >= 0.3 is 0 Å². The van der Waals surface area contributed by atoms with Gasteiger partial charge in [-0.25, -0.2) is 4.98 Å². The number of carbonyl (C=O) groups is 1. The highest BCUT2D eigenvalue weighted by molar-refractivity contribution is 5.94. The monoisotopic (exact) mass is 329 g/mol. The van der Waals surface area contributed by atoms with Gasteiger partial charge in [-0.1, -0.05) is 12.8 Å². The van der Waals surface area contributed by atoms with Crippen molar-refractivity contribution in [1.29, 1.82) is 0 Å². The van der Waals surface area contributed by atoms with Gasteiger partial charge in [0.25, 0.3) is 5.91 Å². The summed E-state index contributed by atoms with van der Waals surface area (Å²) in [6, 6.07) is 7.05. The van der Waals surface area contributed by atoms with Crippen molar-refractivity contribution in [2.75, 3.05) is 24.5 Å². The molecule has 6 nitrogen and oxygen atoms in total. The Balaban J connectivity index is 1.55. The number of anilines is 1. The number of hydrogen-bond donors (Lipinski definition) is 2. The van der Waals surface area contributed by atoms with Crippen molar-refractivity contribution in [3.8, 4) is 0 Å². The fraction of sp³-hybridized carbons (Fsp3) is 0.444. The molecule has 1 amide bonds. The second-order valence-corrected chi connectivity index (χ2v) is 6.05. The lowest BCUT2D eigenvalue weighted by Crippen LogP contribution is -2.29. The fourth-order valence-electron chi connectivity index (χ4n) is 2.88. The highest BCUT2D eigenvalue weighted by Crippen LogP contribution is 2.17. The van der Waals surface area contributed by atoms with E-state index in [-0.39, 0.29) is 12.5 Å². The van der Waals surface area contributed by atoms with Crippen LogP contribution in [0.1, 0.15) is 47.9 Å². The van der Waals surface area contributed by atoms with Gasteiger partial charge in [-0.05, 0) is 37.1 Å². The first kappa shape index (κ1) is 16.5. The molecule has 3 heterocycles.